The van der Waals surface area contributed by atoms with Crippen LogP contribution in [0.15, 0.2) is 24.4 Å². The zero-order valence-electron chi connectivity index (χ0n) is 22.2. The van der Waals surface area contributed by atoms with Crippen molar-refractivity contribution in [2.24, 2.45) is 5.92 Å². The average molecular weight is 547 g/mol. The van der Waals surface area contributed by atoms with Gasteiger partial charge in [-0.15, -0.1) is 0 Å². The Morgan fingerprint density at radius 2 is 2.10 bits per heavy atom. The van der Waals surface area contributed by atoms with E-state index >= 15 is 8.78 Å². The molecular weight excluding hydrogens is 509 g/mol. The number of nitrogens with one attached hydrogen (secondary N) is 1. The molecule has 0 bridgehead atoms. The number of anilines is 1. The summed E-state index contributed by atoms with van der Waals surface area (Å²) in [6.45, 7) is 1.56. The maximum atomic E-state index is 15.3. The highest BCUT2D eigenvalue weighted by atomic mass is 19.3. The van der Waals surface area contributed by atoms with Crippen molar-refractivity contribution >= 4 is 11.8 Å². The summed E-state index contributed by atoms with van der Waals surface area (Å²) in [7, 11) is 0. The van der Waals surface area contributed by atoms with Crippen molar-refractivity contribution < 1.29 is 27.8 Å². The van der Waals surface area contributed by atoms with E-state index in [-0.39, 0.29) is 31.5 Å². The van der Waals surface area contributed by atoms with Gasteiger partial charge in [0.15, 0.2) is 0 Å². The molecule has 212 valence electrons. The van der Waals surface area contributed by atoms with Crippen molar-refractivity contribution in [1.29, 1.82) is 0 Å². The summed E-state index contributed by atoms with van der Waals surface area (Å²) in [6, 6.07) is 3.98. The molecule has 10 heteroatoms. The van der Waals surface area contributed by atoms with E-state index < -0.39 is 35.8 Å². The predicted octanol–water partition coefficient (Wildman–Crippen LogP) is 5.71. The lowest BCUT2D eigenvalue weighted by atomic mass is 9.94. The van der Waals surface area contributed by atoms with Gasteiger partial charge in [-0.3, -0.25) is 14.7 Å². The summed E-state index contributed by atoms with van der Waals surface area (Å²) < 4.78 is 50.6. The summed E-state index contributed by atoms with van der Waals surface area (Å²) in [4.78, 5) is 22.8. The molecule has 0 saturated carbocycles. The predicted molar refractivity (Wildman–Crippen MR) is 140 cm³/mol. The molecule has 7 nitrogen and oxygen atoms in total. The van der Waals surface area contributed by atoms with Crippen molar-refractivity contribution in [2.75, 3.05) is 31.6 Å². The minimum Gasteiger partial charge on any atom is -0.480 e. The molecule has 2 fully saturated rings. The van der Waals surface area contributed by atoms with Gasteiger partial charge >= 0.3 is 5.97 Å². The number of unbranched alkanes of at least 4 members (excludes halogenated alkanes) is 1. The number of fused-ring (bicyclic) bond motifs is 1. The van der Waals surface area contributed by atoms with E-state index in [1.54, 1.807) is 0 Å². The fraction of sp³-hybridized carbons (Fsp3) is 0.621. The molecule has 2 saturated heterocycles. The van der Waals surface area contributed by atoms with E-state index in [2.05, 4.69) is 21.4 Å². The number of likely N-dealkylation sites (tertiary alicyclic amines) is 1. The number of rotatable bonds is 10. The average Bonchev–Trinajstić information content (AvgIpc) is 3.42. The number of aromatic nitrogens is 2. The van der Waals surface area contributed by atoms with E-state index in [1.165, 1.54) is 16.5 Å². The minimum atomic E-state index is -2.92. The Kier molecular flexibility index (Phi) is 8.71. The second-order valence-electron chi connectivity index (χ2n) is 11.0. The maximum absolute atomic E-state index is 15.3. The normalized spacial score (nSPS) is 22.7. The summed E-state index contributed by atoms with van der Waals surface area (Å²) in [5, 5.41) is 13.4. The number of aliphatic carboxylic acids is 1. The molecule has 0 amide bonds. The standard InChI is InChI=1S/C29H37F3N4O3/c30-21-16-23(25(34-17-21)24-8-2-4-15-39-24)26(28(37)38)36-14-11-20(18-36)29(31,32)12-3-1-7-22-10-9-19-6-5-13-33-27(19)35-22/h9-10,16-17,20,24,26H,1-8,11-15,18H2,(H,33,35)(H,37,38)/t20-,24?,26?/m1/s1. The summed E-state index contributed by atoms with van der Waals surface area (Å²) in [6.07, 6.45) is 6.74. The number of nitrogens with zero attached hydrogens (tertiary/aromatic N) is 3. The largest absolute Gasteiger partial charge is 0.480 e. The minimum absolute atomic E-state index is 0.0660. The van der Waals surface area contributed by atoms with Crippen LogP contribution in [0.1, 0.15) is 86.0 Å². The van der Waals surface area contributed by atoms with Crippen LogP contribution in [0.4, 0.5) is 19.0 Å². The second-order valence-corrected chi connectivity index (χ2v) is 11.0. The molecule has 5 heterocycles. The van der Waals surface area contributed by atoms with Crippen LogP contribution in [0.25, 0.3) is 0 Å². The number of ether oxygens (including phenoxy) is 1. The third-order valence-electron chi connectivity index (χ3n) is 8.26. The van der Waals surface area contributed by atoms with E-state index in [9.17, 15) is 14.3 Å². The number of halogens is 3. The van der Waals surface area contributed by atoms with Crippen LogP contribution in [0.2, 0.25) is 0 Å². The molecule has 0 radical (unpaired) electrons. The lowest BCUT2D eigenvalue weighted by Crippen LogP contribution is -2.36. The van der Waals surface area contributed by atoms with Gasteiger partial charge in [0, 0.05) is 43.3 Å². The number of aryl methyl sites for hydroxylation is 2. The summed E-state index contributed by atoms with van der Waals surface area (Å²) >= 11 is 0. The first kappa shape index (κ1) is 27.8. The van der Waals surface area contributed by atoms with Crippen molar-refractivity contribution in [2.45, 2.75) is 82.3 Å². The number of carboxylic acids is 1. The van der Waals surface area contributed by atoms with Crippen molar-refractivity contribution in [1.82, 2.24) is 14.9 Å². The molecule has 0 spiro atoms. The molecule has 2 unspecified atom stereocenters. The topological polar surface area (TPSA) is 87.6 Å². The zero-order chi connectivity index (χ0) is 27.4. The van der Waals surface area contributed by atoms with Crippen molar-refractivity contribution in [3.05, 3.63) is 52.7 Å². The molecule has 2 N–H and O–H groups in total. The first-order chi connectivity index (χ1) is 18.8. The van der Waals surface area contributed by atoms with Gasteiger partial charge in [-0.1, -0.05) is 6.07 Å². The first-order valence-corrected chi connectivity index (χ1v) is 14.2. The SMILES string of the molecule is O=C(O)C(c1cc(F)cnc1C1CCCCO1)N1CC[C@@H](C(F)(F)CCCCc2ccc3c(n2)NCCC3)C1. The van der Waals surface area contributed by atoms with E-state index in [0.29, 0.717) is 38.0 Å². The molecule has 3 atom stereocenters. The van der Waals surface area contributed by atoms with Crippen molar-refractivity contribution in [3.63, 3.8) is 0 Å². The molecule has 5 rings (SSSR count). The van der Waals surface area contributed by atoms with Crippen LogP contribution in [0.5, 0.6) is 0 Å². The van der Waals surface area contributed by atoms with E-state index in [4.69, 9.17) is 4.74 Å². The highest BCUT2D eigenvalue weighted by molar-refractivity contribution is 5.76. The van der Waals surface area contributed by atoms with Gasteiger partial charge in [-0.25, -0.2) is 18.2 Å². The van der Waals surface area contributed by atoms with Gasteiger partial charge in [-0.05, 0) is 82.0 Å². The lowest BCUT2D eigenvalue weighted by Gasteiger charge is -2.30. The van der Waals surface area contributed by atoms with Crippen molar-refractivity contribution in [3.8, 4) is 0 Å². The fourth-order valence-corrected chi connectivity index (χ4v) is 6.14. The first-order valence-electron chi connectivity index (χ1n) is 14.2. The van der Waals surface area contributed by atoms with Gasteiger partial charge in [0.1, 0.15) is 17.7 Å². The van der Waals surface area contributed by atoms with Gasteiger partial charge in [-0.2, -0.15) is 0 Å². The summed E-state index contributed by atoms with van der Waals surface area (Å²) in [5.74, 6) is -4.81. The third-order valence-corrected chi connectivity index (χ3v) is 8.26. The third kappa shape index (κ3) is 6.54. The molecule has 3 aliphatic rings. The number of hydrogen-bond donors (Lipinski definition) is 2. The molecule has 39 heavy (non-hydrogen) atoms. The second kappa shape index (κ2) is 12.2. The van der Waals surface area contributed by atoms with Gasteiger partial charge in [0.2, 0.25) is 0 Å². The van der Waals surface area contributed by atoms with Crippen LogP contribution < -0.4 is 5.32 Å². The Labute approximate surface area is 227 Å². The molecule has 0 aromatic carbocycles. The monoisotopic (exact) mass is 546 g/mol. The lowest BCUT2D eigenvalue weighted by molar-refractivity contribution is -0.143. The maximum Gasteiger partial charge on any atom is 0.325 e. The van der Waals surface area contributed by atoms with Crippen LogP contribution >= 0.6 is 0 Å². The Morgan fingerprint density at radius 3 is 2.90 bits per heavy atom. The number of hydrogen-bond acceptors (Lipinski definition) is 6. The number of carboxylic acid groups (broad SMARTS) is 1. The Morgan fingerprint density at radius 1 is 1.23 bits per heavy atom. The molecule has 3 aliphatic heterocycles. The number of pyridine rings is 2. The Balaban J connectivity index is 1.20. The van der Waals surface area contributed by atoms with E-state index in [1.807, 2.05) is 6.07 Å². The molecule has 2 aromatic heterocycles. The highest BCUT2D eigenvalue weighted by Gasteiger charge is 2.46. The fourth-order valence-electron chi connectivity index (χ4n) is 6.14. The quantitative estimate of drug-likeness (QED) is 0.369. The van der Waals surface area contributed by atoms with Crippen LogP contribution in [-0.2, 0) is 22.4 Å². The summed E-state index contributed by atoms with van der Waals surface area (Å²) in [5.41, 5.74) is 2.70. The Hall–Kier alpha value is -2.72. The van der Waals surface area contributed by atoms with Gasteiger partial charge < -0.3 is 15.2 Å². The van der Waals surface area contributed by atoms with Crippen LogP contribution in [0, 0.1) is 11.7 Å². The molecule has 0 aliphatic carbocycles. The number of carbonyl (C=O) groups is 1. The van der Waals surface area contributed by atoms with E-state index in [0.717, 1.165) is 49.9 Å². The van der Waals surface area contributed by atoms with Gasteiger partial charge in [0.05, 0.1) is 18.0 Å². The molecular formula is C29H37F3N4O3. The number of alkyl halides is 2. The van der Waals surface area contributed by atoms with Gasteiger partial charge in [0.25, 0.3) is 5.92 Å². The smallest absolute Gasteiger partial charge is 0.325 e. The highest BCUT2D eigenvalue weighted by Crippen LogP contribution is 2.41. The van der Waals surface area contributed by atoms with Crippen LogP contribution in [-0.4, -0.2) is 58.1 Å². The Bertz CT molecular complexity index is 1160. The molecule has 2 aromatic rings. The zero-order valence-corrected chi connectivity index (χ0v) is 22.2. The van der Waals surface area contributed by atoms with Crippen LogP contribution in [0.3, 0.4) is 0 Å².